The Morgan fingerprint density at radius 3 is 2.54 bits per heavy atom. The van der Waals surface area contributed by atoms with E-state index in [-0.39, 0.29) is 12.8 Å². The fourth-order valence-corrected chi connectivity index (χ4v) is 1.85. The molecule has 1 aliphatic rings. The van der Waals surface area contributed by atoms with E-state index in [1.165, 1.54) is 0 Å². The van der Waals surface area contributed by atoms with Gasteiger partial charge in [0, 0.05) is 0 Å². The summed E-state index contributed by atoms with van der Waals surface area (Å²) in [4.78, 5) is 0. The van der Waals surface area contributed by atoms with E-state index >= 15 is 0 Å². The fourth-order valence-electron chi connectivity index (χ4n) is 1.85. The summed E-state index contributed by atoms with van der Waals surface area (Å²) in [6.07, 6.45) is 4.66. The molecule has 1 fully saturated rings. The van der Waals surface area contributed by atoms with Crippen LogP contribution in [0.2, 0.25) is 0 Å². The largest absolute Gasteiger partial charge is 0.393 e. The smallest absolute Gasteiger partial charge is 0.0906 e. The molecular weight excluding hydrogens is 169 g/mol. The SMILES string of the molecule is OC1CCC(CNCCCF)CC1. The molecule has 0 atom stereocenters. The van der Waals surface area contributed by atoms with Gasteiger partial charge < -0.3 is 10.4 Å². The summed E-state index contributed by atoms with van der Waals surface area (Å²) in [6.45, 7) is 1.55. The summed E-state index contributed by atoms with van der Waals surface area (Å²) < 4.78 is 11.7. The van der Waals surface area contributed by atoms with Crippen molar-refractivity contribution in [3.8, 4) is 0 Å². The maximum Gasteiger partial charge on any atom is 0.0906 e. The van der Waals surface area contributed by atoms with Gasteiger partial charge in [0.2, 0.25) is 0 Å². The maximum atomic E-state index is 11.7. The van der Waals surface area contributed by atoms with Gasteiger partial charge in [0.05, 0.1) is 12.8 Å². The van der Waals surface area contributed by atoms with Crippen LogP contribution >= 0.6 is 0 Å². The van der Waals surface area contributed by atoms with Gasteiger partial charge in [-0.2, -0.15) is 0 Å². The molecule has 1 saturated carbocycles. The molecule has 0 unspecified atom stereocenters. The number of rotatable bonds is 5. The minimum absolute atomic E-state index is 0.0675. The van der Waals surface area contributed by atoms with E-state index in [0.717, 1.165) is 38.8 Å². The highest BCUT2D eigenvalue weighted by Crippen LogP contribution is 2.23. The van der Waals surface area contributed by atoms with Gasteiger partial charge in [-0.15, -0.1) is 0 Å². The fraction of sp³-hybridized carbons (Fsp3) is 1.00. The van der Waals surface area contributed by atoms with E-state index in [1.54, 1.807) is 0 Å². The van der Waals surface area contributed by atoms with Gasteiger partial charge in [0.25, 0.3) is 0 Å². The highest BCUT2D eigenvalue weighted by molar-refractivity contribution is 4.72. The minimum atomic E-state index is -0.226. The molecule has 0 aromatic heterocycles. The van der Waals surface area contributed by atoms with Gasteiger partial charge in [0.15, 0.2) is 0 Å². The highest BCUT2D eigenvalue weighted by atomic mass is 19.1. The zero-order valence-electron chi connectivity index (χ0n) is 8.14. The van der Waals surface area contributed by atoms with E-state index in [2.05, 4.69) is 5.32 Å². The van der Waals surface area contributed by atoms with Crippen LogP contribution in [0.4, 0.5) is 4.39 Å². The Balaban J connectivity index is 1.96. The molecule has 3 heteroatoms. The van der Waals surface area contributed by atoms with Crippen LogP contribution in [-0.4, -0.2) is 31.0 Å². The van der Waals surface area contributed by atoms with E-state index in [4.69, 9.17) is 0 Å². The number of aliphatic hydroxyl groups excluding tert-OH is 1. The summed E-state index contributed by atoms with van der Waals surface area (Å²) in [6, 6.07) is 0. The Labute approximate surface area is 79.5 Å². The summed E-state index contributed by atoms with van der Waals surface area (Å²) >= 11 is 0. The first kappa shape index (κ1) is 10.9. The van der Waals surface area contributed by atoms with Crippen LogP contribution < -0.4 is 5.32 Å². The average Bonchev–Trinajstić information content (AvgIpc) is 2.15. The monoisotopic (exact) mass is 189 g/mol. The lowest BCUT2D eigenvalue weighted by atomic mass is 9.87. The van der Waals surface area contributed by atoms with Crippen LogP contribution in [0.1, 0.15) is 32.1 Å². The zero-order valence-corrected chi connectivity index (χ0v) is 8.14. The first-order chi connectivity index (χ1) is 6.33. The van der Waals surface area contributed by atoms with Crippen molar-refractivity contribution in [2.75, 3.05) is 19.8 Å². The molecule has 1 rings (SSSR count). The molecule has 0 amide bonds. The van der Waals surface area contributed by atoms with Crippen molar-refractivity contribution in [3.05, 3.63) is 0 Å². The summed E-state index contributed by atoms with van der Waals surface area (Å²) in [5.41, 5.74) is 0. The van der Waals surface area contributed by atoms with Crippen LogP contribution in [0.5, 0.6) is 0 Å². The van der Waals surface area contributed by atoms with Crippen LogP contribution in [0.15, 0.2) is 0 Å². The molecule has 0 spiro atoms. The van der Waals surface area contributed by atoms with Gasteiger partial charge in [-0.1, -0.05) is 0 Å². The van der Waals surface area contributed by atoms with Gasteiger partial charge in [-0.25, -0.2) is 0 Å². The Kier molecular flexibility index (Phi) is 5.32. The van der Waals surface area contributed by atoms with Crippen molar-refractivity contribution in [2.45, 2.75) is 38.2 Å². The summed E-state index contributed by atoms with van der Waals surface area (Å²) in [5.74, 6) is 0.697. The van der Waals surface area contributed by atoms with E-state index in [1.807, 2.05) is 0 Å². The van der Waals surface area contributed by atoms with Crippen molar-refractivity contribution in [1.82, 2.24) is 5.32 Å². The maximum absolute atomic E-state index is 11.7. The van der Waals surface area contributed by atoms with Crippen molar-refractivity contribution in [1.29, 1.82) is 0 Å². The zero-order chi connectivity index (χ0) is 9.52. The third-order valence-corrected chi connectivity index (χ3v) is 2.74. The molecule has 0 aliphatic heterocycles. The standard InChI is InChI=1S/C10H20FNO/c11-6-1-7-12-8-9-2-4-10(13)5-3-9/h9-10,12-13H,1-8H2. The van der Waals surface area contributed by atoms with E-state index in [0.29, 0.717) is 12.3 Å². The first-order valence-corrected chi connectivity index (χ1v) is 5.27. The lowest BCUT2D eigenvalue weighted by Crippen LogP contribution is -2.28. The minimum Gasteiger partial charge on any atom is -0.393 e. The normalized spacial score (nSPS) is 29.1. The lowest BCUT2D eigenvalue weighted by molar-refractivity contribution is 0.108. The molecule has 0 radical (unpaired) electrons. The Hall–Kier alpha value is -0.150. The molecule has 78 valence electrons. The summed E-state index contributed by atoms with van der Waals surface area (Å²) in [5, 5.41) is 12.5. The molecule has 2 nitrogen and oxygen atoms in total. The second-order valence-electron chi connectivity index (χ2n) is 3.92. The van der Waals surface area contributed by atoms with Gasteiger partial charge in [0.1, 0.15) is 0 Å². The molecule has 0 aromatic rings. The molecule has 0 bridgehead atoms. The van der Waals surface area contributed by atoms with Crippen LogP contribution in [-0.2, 0) is 0 Å². The van der Waals surface area contributed by atoms with Gasteiger partial charge in [-0.05, 0) is 51.1 Å². The summed E-state index contributed by atoms with van der Waals surface area (Å²) in [7, 11) is 0. The lowest BCUT2D eigenvalue weighted by Gasteiger charge is -2.25. The molecule has 0 heterocycles. The van der Waals surface area contributed by atoms with Gasteiger partial charge >= 0.3 is 0 Å². The Bertz CT molecular complexity index is 124. The number of hydrogen-bond donors (Lipinski definition) is 2. The average molecular weight is 189 g/mol. The van der Waals surface area contributed by atoms with Crippen molar-refractivity contribution >= 4 is 0 Å². The predicted octanol–water partition coefficient (Wildman–Crippen LogP) is 1.49. The van der Waals surface area contributed by atoms with Crippen molar-refractivity contribution in [2.24, 2.45) is 5.92 Å². The quantitative estimate of drug-likeness (QED) is 0.642. The molecule has 1 aliphatic carbocycles. The molecule has 2 N–H and O–H groups in total. The highest BCUT2D eigenvalue weighted by Gasteiger charge is 2.18. The number of halogens is 1. The third-order valence-electron chi connectivity index (χ3n) is 2.74. The molecule has 0 saturated heterocycles. The number of aliphatic hydroxyl groups is 1. The van der Waals surface area contributed by atoms with Crippen molar-refractivity contribution < 1.29 is 9.50 Å². The molecule has 0 aromatic carbocycles. The number of alkyl halides is 1. The van der Waals surface area contributed by atoms with E-state index < -0.39 is 0 Å². The molecular formula is C10H20FNO. The second kappa shape index (κ2) is 6.33. The molecule has 13 heavy (non-hydrogen) atoms. The third kappa shape index (κ3) is 4.58. The number of hydrogen-bond acceptors (Lipinski definition) is 2. The Morgan fingerprint density at radius 2 is 1.92 bits per heavy atom. The second-order valence-corrected chi connectivity index (χ2v) is 3.92. The predicted molar refractivity (Wildman–Crippen MR) is 51.4 cm³/mol. The first-order valence-electron chi connectivity index (χ1n) is 5.27. The van der Waals surface area contributed by atoms with Crippen LogP contribution in [0, 0.1) is 5.92 Å². The Morgan fingerprint density at radius 1 is 1.23 bits per heavy atom. The van der Waals surface area contributed by atoms with E-state index in [9.17, 15) is 9.50 Å². The van der Waals surface area contributed by atoms with Crippen LogP contribution in [0.25, 0.3) is 0 Å². The topological polar surface area (TPSA) is 32.3 Å². The van der Waals surface area contributed by atoms with Crippen molar-refractivity contribution in [3.63, 3.8) is 0 Å². The van der Waals surface area contributed by atoms with Gasteiger partial charge in [-0.3, -0.25) is 4.39 Å². The number of nitrogens with one attached hydrogen (secondary N) is 1. The van der Waals surface area contributed by atoms with Crippen LogP contribution in [0.3, 0.4) is 0 Å².